The Morgan fingerprint density at radius 3 is 2.27 bits per heavy atom. The molecule has 3 rings (SSSR count). The van der Waals surface area contributed by atoms with Crippen molar-refractivity contribution in [2.45, 2.75) is 22.6 Å². The van der Waals surface area contributed by atoms with Gasteiger partial charge < -0.3 is 0 Å². The molecule has 10 heteroatoms. The van der Waals surface area contributed by atoms with Gasteiger partial charge in [-0.25, -0.2) is 21.2 Å². The highest BCUT2D eigenvalue weighted by molar-refractivity contribution is 7.92. The Balaban J connectivity index is 1.97. The molecule has 1 aliphatic rings. The van der Waals surface area contributed by atoms with Crippen molar-refractivity contribution in [1.29, 1.82) is 0 Å². The maximum Gasteiger partial charge on any atom is 0.264 e. The van der Waals surface area contributed by atoms with Crippen LogP contribution in [0, 0.1) is 5.82 Å². The number of hydrogen-bond acceptors (Lipinski definition) is 4. The Bertz CT molecular complexity index is 1040. The molecular weight excluding hydrogens is 403 g/mol. The van der Waals surface area contributed by atoms with Gasteiger partial charge in [-0.3, -0.25) is 4.72 Å². The molecule has 1 N–H and O–H groups in total. The first-order chi connectivity index (χ1) is 12.2. The lowest BCUT2D eigenvalue weighted by Crippen LogP contribution is -2.28. The second kappa shape index (κ2) is 7.15. The van der Waals surface area contributed by atoms with Gasteiger partial charge in [0.05, 0.1) is 10.7 Å². The summed E-state index contributed by atoms with van der Waals surface area (Å²) in [6.45, 7) is 0.785. The van der Waals surface area contributed by atoms with Gasteiger partial charge in [0, 0.05) is 13.1 Å². The summed E-state index contributed by atoms with van der Waals surface area (Å²) in [5, 5.41) is -0.00857. The van der Waals surface area contributed by atoms with Gasteiger partial charge in [0.2, 0.25) is 10.0 Å². The zero-order chi connectivity index (χ0) is 18.9. The molecule has 6 nitrogen and oxygen atoms in total. The molecule has 0 unspecified atom stereocenters. The largest absolute Gasteiger partial charge is 0.279 e. The zero-order valence-corrected chi connectivity index (χ0v) is 15.9. The third-order valence-corrected chi connectivity index (χ3v) is 7.79. The summed E-state index contributed by atoms with van der Waals surface area (Å²) in [4.78, 5) is -0.714. The molecule has 140 valence electrons. The number of rotatable bonds is 5. The summed E-state index contributed by atoms with van der Waals surface area (Å²) >= 11 is 6.03. The van der Waals surface area contributed by atoms with E-state index in [0.717, 1.165) is 31.0 Å². The Kier molecular flexibility index (Phi) is 5.25. The standard InChI is InChI=1S/C16H16ClFN2O4S2/c17-13-8-7-12(11-16(13)26(23,24)20-9-3-4-10-20)19-25(21,22)15-6-2-1-5-14(15)18/h1-2,5-8,11,19H,3-4,9-10H2. The van der Waals surface area contributed by atoms with Crippen molar-refractivity contribution in [3.63, 3.8) is 0 Å². The number of sulfonamides is 2. The van der Waals surface area contributed by atoms with Crippen LogP contribution in [0.3, 0.4) is 0 Å². The molecule has 0 atom stereocenters. The van der Waals surface area contributed by atoms with Crippen molar-refractivity contribution >= 4 is 37.3 Å². The molecule has 0 amide bonds. The van der Waals surface area contributed by atoms with E-state index in [0.29, 0.717) is 13.1 Å². The fraction of sp³-hybridized carbons (Fsp3) is 0.250. The van der Waals surface area contributed by atoms with Gasteiger partial charge in [0.1, 0.15) is 15.6 Å². The monoisotopic (exact) mass is 418 g/mol. The molecule has 1 saturated heterocycles. The third-order valence-electron chi connectivity index (χ3n) is 3.99. The van der Waals surface area contributed by atoms with Gasteiger partial charge in [-0.2, -0.15) is 4.31 Å². The normalized spacial score (nSPS) is 15.9. The van der Waals surface area contributed by atoms with E-state index >= 15 is 0 Å². The zero-order valence-electron chi connectivity index (χ0n) is 13.5. The smallest absolute Gasteiger partial charge is 0.264 e. The second-order valence-electron chi connectivity index (χ2n) is 5.79. The summed E-state index contributed by atoms with van der Waals surface area (Å²) in [6.07, 6.45) is 1.52. The molecule has 2 aromatic rings. The number of nitrogens with zero attached hydrogens (tertiary/aromatic N) is 1. The summed E-state index contributed by atoms with van der Waals surface area (Å²) in [5.41, 5.74) is -0.0181. The predicted molar refractivity (Wildman–Crippen MR) is 96.7 cm³/mol. The van der Waals surface area contributed by atoms with Crippen molar-refractivity contribution in [3.8, 4) is 0 Å². The Morgan fingerprint density at radius 1 is 0.962 bits per heavy atom. The maximum atomic E-state index is 13.8. The Morgan fingerprint density at radius 2 is 1.62 bits per heavy atom. The number of benzene rings is 2. The van der Waals surface area contributed by atoms with Crippen molar-refractivity contribution in [3.05, 3.63) is 53.3 Å². The van der Waals surface area contributed by atoms with Gasteiger partial charge in [-0.15, -0.1) is 0 Å². The Hall–Kier alpha value is -1.68. The fourth-order valence-corrected chi connectivity index (χ4v) is 5.85. The van der Waals surface area contributed by atoms with Gasteiger partial charge in [0.25, 0.3) is 10.0 Å². The van der Waals surface area contributed by atoms with Crippen molar-refractivity contribution in [2.24, 2.45) is 0 Å². The van der Waals surface area contributed by atoms with Crippen LogP contribution in [-0.4, -0.2) is 34.2 Å². The fourth-order valence-electron chi connectivity index (χ4n) is 2.70. The molecule has 0 radical (unpaired) electrons. The maximum absolute atomic E-state index is 13.8. The summed E-state index contributed by atoms with van der Waals surface area (Å²) < 4.78 is 67.5. The average molecular weight is 419 g/mol. The lowest BCUT2D eigenvalue weighted by atomic mass is 10.3. The van der Waals surface area contributed by atoms with E-state index in [1.165, 1.54) is 28.6 Å². The second-order valence-corrected chi connectivity index (χ2v) is 9.76. The van der Waals surface area contributed by atoms with Crippen LogP contribution >= 0.6 is 11.6 Å². The molecule has 0 spiro atoms. The van der Waals surface area contributed by atoms with Crippen molar-refractivity contribution in [1.82, 2.24) is 4.31 Å². The van der Waals surface area contributed by atoms with E-state index in [4.69, 9.17) is 11.6 Å². The number of halogens is 2. The SMILES string of the molecule is O=S(=O)(Nc1ccc(Cl)c(S(=O)(=O)N2CCCC2)c1)c1ccccc1F. The Labute approximate surface area is 156 Å². The molecule has 1 fully saturated rings. The summed E-state index contributed by atoms with van der Waals surface area (Å²) in [7, 11) is -8.04. The first-order valence-electron chi connectivity index (χ1n) is 7.79. The van der Waals surface area contributed by atoms with Crippen LogP contribution in [0.2, 0.25) is 5.02 Å². The van der Waals surface area contributed by atoms with Gasteiger partial charge in [-0.05, 0) is 43.2 Å². The van der Waals surface area contributed by atoms with Crippen LogP contribution < -0.4 is 4.72 Å². The van der Waals surface area contributed by atoms with Crippen LogP contribution in [0.15, 0.2) is 52.3 Å². The topological polar surface area (TPSA) is 83.5 Å². The number of anilines is 1. The minimum absolute atomic E-state index is 0.00857. The average Bonchev–Trinajstić information content (AvgIpc) is 3.12. The van der Waals surface area contributed by atoms with E-state index in [1.54, 1.807) is 0 Å². The first-order valence-corrected chi connectivity index (χ1v) is 11.1. The van der Waals surface area contributed by atoms with E-state index in [-0.39, 0.29) is 15.6 Å². The molecule has 1 heterocycles. The first kappa shape index (κ1) is 19.1. The quantitative estimate of drug-likeness (QED) is 0.808. The molecular formula is C16H16ClFN2O4S2. The highest BCUT2D eigenvalue weighted by atomic mass is 35.5. The van der Waals surface area contributed by atoms with E-state index in [9.17, 15) is 21.2 Å². The number of hydrogen-bond donors (Lipinski definition) is 1. The minimum Gasteiger partial charge on any atom is -0.279 e. The molecule has 26 heavy (non-hydrogen) atoms. The lowest BCUT2D eigenvalue weighted by Gasteiger charge is -2.17. The van der Waals surface area contributed by atoms with Crippen LogP contribution in [0.1, 0.15) is 12.8 Å². The van der Waals surface area contributed by atoms with Crippen LogP contribution in [0.25, 0.3) is 0 Å². The van der Waals surface area contributed by atoms with Crippen molar-refractivity contribution < 1.29 is 21.2 Å². The van der Waals surface area contributed by atoms with E-state index in [1.807, 2.05) is 0 Å². The van der Waals surface area contributed by atoms with Crippen LogP contribution in [-0.2, 0) is 20.0 Å². The molecule has 0 bridgehead atoms. The lowest BCUT2D eigenvalue weighted by molar-refractivity contribution is 0.477. The van der Waals surface area contributed by atoms with Crippen LogP contribution in [0.5, 0.6) is 0 Å². The highest BCUT2D eigenvalue weighted by Crippen LogP contribution is 2.30. The van der Waals surface area contributed by atoms with Crippen molar-refractivity contribution in [2.75, 3.05) is 17.8 Å². The predicted octanol–water partition coefficient (Wildman–Crippen LogP) is 3.06. The van der Waals surface area contributed by atoms with E-state index in [2.05, 4.69) is 4.72 Å². The highest BCUT2D eigenvalue weighted by Gasteiger charge is 2.30. The molecule has 0 aromatic heterocycles. The molecule has 2 aromatic carbocycles. The van der Waals surface area contributed by atoms with Gasteiger partial charge in [-0.1, -0.05) is 23.7 Å². The minimum atomic E-state index is -4.21. The summed E-state index contributed by atoms with van der Waals surface area (Å²) in [6, 6.07) is 8.68. The van der Waals surface area contributed by atoms with E-state index < -0.39 is 30.8 Å². The molecule has 1 aliphatic heterocycles. The van der Waals surface area contributed by atoms with Crippen LogP contribution in [0.4, 0.5) is 10.1 Å². The number of nitrogens with one attached hydrogen (secondary N) is 1. The molecule has 0 aliphatic carbocycles. The third kappa shape index (κ3) is 3.71. The van der Waals surface area contributed by atoms with Gasteiger partial charge in [0.15, 0.2) is 0 Å². The summed E-state index contributed by atoms with van der Waals surface area (Å²) in [5.74, 6) is -0.904. The van der Waals surface area contributed by atoms with Gasteiger partial charge >= 0.3 is 0 Å². The molecule has 0 saturated carbocycles.